The van der Waals surface area contributed by atoms with Crippen LogP contribution in [0.1, 0.15) is 36.7 Å². The number of halogens is 1. The second kappa shape index (κ2) is 4.74. The minimum absolute atomic E-state index is 0.104. The summed E-state index contributed by atoms with van der Waals surface area (Å²) in [6.45, 7) is 5.31. The van der Waals surface area contributed by atoms with Crippen LogP contribution in [0, 0.1) is 0 Å². The van der Waals surface area contributed by atoms with Gasteiger partial charge in [0.1, 0.15) is 16.9 Å². The molecule has 0 amide bonds. The van der Waals surface area contributed by atoms with Gasteiger partial charge >= 0.3 is 5.97 Å². The zero-order chi connectivity index (χ0) is 12.3. The number of carbonyl (C=O) groups is 1. The fourth-order valence-corrected chi connectivity index (χ4v) is 1.49. The predicted molar refractivity (Wildman–Crippen MR) is 62.8 cm³/mol. The third kappa shape index (κ3) is 3.14. The van der Waals surface area contributed by atoms with Gasteiger partial charge in [-0.05, 0) is 32.4 Å². The van der Waals surface area contributed by atoms with Crippen molar-refractivity contribution >= 4 is 17.6 Å². The minimum Gasteiger partial charge on any atom is -0.507 e. The van der Waals surface area contributed by atoms with Gasteiger partial charge in [0.05, 0.1) is 0 Å². The molecule has 0 heterocycles. The van der Waals surface area contributed by atoms with E-state index in [-0.39, 0.29) is 17.2 Å². The fraction of sp³-hybridized carbons (Fsp3) is 0.417. The first-order valence-electron chi connectivity index (χ1n) is 4.95. The van der Waals surface area contributed by atoms with Gasteiger partial charge < -0.3 is 9.84 Å². The van der Waals surface area contributed by atoms with Crippen LogP contribution in [0.2, 0.25) is 0 Å². The Morgan fingerprint density at radius 2 is 2.06 bits per heavy atom. The lowest BCUT2D eigenvalue weighted by atomic mass is 10.1. The highest BCUT2D eigenvalue weighted by Crippen LogP contribution is 2.25. The summed E-state index contributed by atoms with van der Waals surface area (Å²) in [7, 11) is 0. The molecule has 0 spiro atoms. The van der Waals surface area contributed by atoms with Gasteiger partial charge in [-0.2, -0.15) is 0 Å². The first kappa shape index (κ1) is 12.8. The van der Waals surface area contributed by atoms with Gasteiger partial charge in [-0.25, -0.2) is 4.79 Å². The van der Waals surface area contributed by atoms with Crippen LogP contribution >= 0.6 is 11.6 Å². The largest absolute Gasteiger partial charge is 0.507 e. The van der Waals surface area contributed by atoms with Crippen LogP contribution in [0.25, 0.3) is 0 Å². The average Bonchev–Trinajstić information content (AvgIpc) is 2.14. The van der Waals surface area contributed by atoms with Crippen molar-refractivity contribution in [1.82, 2.24) is 0 Å². The van der Waals surface area contributed by atoms with E-state index < -0.39 is 11.6 Å². The molecule has 4 heteroatoms. The second-order valence-electron chi connectivity index (χ2n) is 4.45. The molecule has 0 radical (unpaired) electrons. The van der Waals surface area contributed by atoms with Crippen molar-refractivity contribution in [3.8, 4) is 5.75 Å². The number of esters is 1. The van der Waals surface area contributed by atoms with E-state index in [1.165, 1.54) is 6.07 Å². The van der Waals surface area contributed by atoms with Gasteiger partial charge in [0.2, 0.25) is 0 Å². The first-order valence-corrected chi connectivity index (χ1v) is 5.49. The maximum absolute atomic E-state index is 11.8. The molecule has 0 atom stereocenters. The van der Waals surface area contributed by atoms with E-state index >= 15 is 0 Å². The summed E-state index contributed by atoms with van der Waals surface area (Å²) in [6.07, 6.45) is 0. The standard InChI is InChI=1S/C12H15ClO3/c1-12(2,3)16-11(15)10-8(7-13)5-4-6-9(10)14/h4-6,14H,7H2,1-3H3. The summed E-state index contributed by atoms with van der Waals surface area (Å²) >= 11 is 5.70. The summed E-state index contributed by atoms with van der Waals surface area (Å²) in [5, 5.41) is 9.63. The normalized spacial score (nSPS) is 11.2. The zero-order valence-corrected chi connectivity index (χ0v) is 10.3. The molecule has 0 aliphatic rings. The van der Waals surface area contributed by atoms with Gasteiger partial charge in [0.25, 0.3) is 0 Å². The van der Waals surface area contributed by atoms with Crippen molar-refractivity contribution in [2.45, 2.75) is 32.3 Å². The molecule has 0 saturated heterocycles. The van der Waals surface area contributed by atoms with Gasteiger partial charge in [0.15, 0.2) is 0 Å². The van der Waals surface area contributed by atoms with E-state index in [4.69, 9.17) is 16.3 Å². The average molecular weight is 243 g/mol. The Morgan fingerprint density at radius 3 is 2.56 bits per heavy atom. The highest BCUT2D eigenvalue weighted by molar-refractivity contribution is 6.17. The number of hydrogen-bond acceptors (Lipinski definition) is 3. The van der Waals surface area contributed by atoms with E-state index in [0.717, 1.165) is 0 Å². The summed E-state index contributed by atoms with van der Waals surface area (Å²) in [4.78, 5) is 11.8. The van der Waals surface area contributed by atoms with Crippen LogP contribution in [0.5, 0.6) is 5.75 Å². The van der Waals surface area contributed by atoms with Crippen LogP contribution in [0.15, 0.2) is 18.2 Å². The van der Waals surface area contributed by atoms with E-state index in [2.05, 4.69) is 0 Å². The molecule has 0 aliphatic carbocycles. The lowest BCUT2D eigenvalue weighted by molar-refractivity contribution is 0.00659. The number of benzene rings is 1. The van der Waals surface area contributed by atoms with Gasteiger partial charge in [-0.3, -0.25) is 0 Å². The fourth-order valence-electron chi connectivity index (χ4n) is 1.26. The molecule has 16 heavy (non-hydrogen) atoms. The number of carbonyl (C=O) groups excluding carboxylic acids is 1. The molecule has 88 valence electrons. The maximum atomic E-state index is 11.8. The molecule has 0 fully saturated rings. The monoisotopic (exact) mass is 242 g/mol. The highest BCUT2D eigenvalue weighted by Gasteiger charge is 2.22. The Hall–Kier alpha value is -1.22. The molecular weight excluding hydrogens is 228 g/mol. The van der Waals surface area contributed by atoms with E-state index in [1.54, 1.807) is 32.9 Å². The SMILES string of the molecule is CC(C)(C)OC(=O)c1c(O)cccc1CCl. The molecule has 0 unspecified atom stereocenters. The van der Waals surface area contributed by atoms with Crippen molar-refractivity contribution in [2.24, 2.45) is 0 Å². The van der Waals surface area contributed by atoms with E-state index in [0.29, 0.717) is 5.56 Å². The molecule has 0 aliphatic heterocycles. The van der Waals surface area contributed by atoms with Gasteiger partial charge in [-0.15, -0.1) is 11.6 Å². The minimum atomic E-state index is -0.594. The number of rotatable bonds is 2. The number of aromatic hydroxyl groups is 1. The Kier molecular flexibility index (Phi) is 3.81. The number of phenolic OH excluding ortho intramolecular Hbond substituents is 1. The van der Waals surface area contributed by atoms with Crippen LogP contribution < -0.4 is 0 Å². The van der Waals surface area contributed by atoms with Crippen molar-refractivity contribution in [3.63, 3.8) is 0 Å². The summed E-state index contributed by atoms with van der Waals surface area (Å²) < 4.78 is 5.19. The Labute approximate surface area is 100.0 Å². The molecule has 1 N–H and O–H groups in total. The quantitative estimate of drug-likeness (QED) is 0.640. The van der Waals surface area contributed by atoms with Crippen molar-refractivity contribution in [1.29, 1.82) is 0 Å². The number of alkyl halides is 1. The van der Waals surface area contributed by atoms with E-state index in [9.17, 15) is 9.90 Å². The summed E-state index contributed by atoms with van der Waals surface area (Å²) in [6, 6.07) is 4.77. The highest BCUT2D eigenvalue weighted by atomic mass is 35.5. The van der Waals surface area contributed by atoms with Crippen molar-refractivity contribution < 1.29 is 14.6 Å². The van der Waals surface area contributed by atoms with E-state index in [1.807, 2.05) is 0 Å². The lowest BCUT2D eigenvalue weighted by Gasteiger charge is -2.20. The summed E-state index contributed by atoms with van der Waals surface area (Å²) in [5.41, 5.74) is 0.117. The molecule has 3 nitrogen and oxygen atoms in total. The molecule has 1 aromatic carbocycles. The van der Waals surface area contributed by atoms with Crippen LogP contribution in [0.4, 0.5) is 0 Å². The van der Waals surface area contributed by atoms with Crippen molar-refractivity contribution in [2.75, 3.05) is 0 Å². The number of ether oxygens (including phenoxy) is 1. The molecular formula is C12H15ClO3. The topological polar surface area (TPSA) is 46.5 Å². The van der Waals surface area contributed by atoms with Crippen LogP contribution in [0.3, 0.4) is 0 Å². The third-order valence-corrected chi connectivity index (χ3v) is 2.16. The number of phenols is 1. The summed E-state index contributed by atoms with van der Waals surface area (Å²) in [5.74, 6) is -0.503. The van der Waals surface area contributed by atoms with Crippen molar-refractivity contribution in [3.05, 3.63) is 29.3 Å². The molecule has 0 saturated carbocycles. The van der Waals surface area contributed by atoms with Crippen LogP contribution in [-0.4, -0.2) is 16.7 Å². The first-order chi connectivity index (χ1) is 7.35. The zero-order valence-electron chi connectivity index (χ0n) is 9.58. The Morgan fingerprint density at radius 1 is 1.44 bits per heavy atom. The Balaban J connectivity index is 3.08. The number of hydrogen-bond donors (Lipinski definition) is 1. The van der Waals surface area contributed by atoms with Gasteiger partial charge in [-0.1, -0.05) is 12.1 Å². The smallest absolute Gasteiger partial charge is 0.342 e. The molecule has 1 aromatic rings. The molecule has 0 bridgehead atoms. The van der Waals surface area contributed by atoms with Gasteiger partial charge in [0, 0.05) is 5.88 Å². The second-order valence-corrected chi connectivity index (χ2v) is 4.71. The Bertz CT molecular complexity index is 394. The lowest BCUT2D eigenvalue weighted by Crippen LogP contribution is -2.24. The molecule has 0 aromatic heterocycles. The maximum Gasteiger partial charge on any atom is 0.342 e. The predicted octanol–water partition coefficient (Wildman–Crippen LogP) is 3.09. The third-order valence-electron chi connectivity index (χ3n) is 1.88. The van der Waals surface area contributed by atoms with Crippen LogP contribution in [-0.2, 0) is 10.6 Å². The molecule has 1 rings (SSSR count).